The first-order valence-corrected chi connectivity index (χ1v) is 13.6. The maximum absolute atomic E-state index is 13.1. The summed E-state index contributed by atoms with van der Waals surface area (Å²) < 4.78 is 28.8. The summed E-state index contributed by atoms with van der Waals surface area (Å²) in [6.07, 6.45) is 2.19. The predicted octanol–water partition coefficient (Wildman–Crippen LogP) is 4.36. The SMILES string of the molecule is CC(C)c1ccccc1S(=O)(=O)Nc1ccc2c(c1)C(=O)CC(CCC1CCC(=O)NC1=O)C2=S. The molecule has 2 amide bonds. The van der Waals surface area contributed by atoms with Gasteiger partial charge in [-0.15, -0.1) is 0 Å². The molecule has 184 valence electrons. The molecule has 1 saturated heterocycles. The van der Waals surface area contributed by atoms with Crippen LogP contribution in [0.25, 0.3) is 0 Å². The molecule has 2 aromatic carbocycles. The first-order chi connectivity index (χ1) is 16.6. The van der Waals surface area contributed by atoms with E-state index >= 15 is 0 Å². The number of hydrogen-bond acceptors (Lipinski definition) is 6. The van der Waals surface area contributed by atoms with Crippen LogP contribution in [0.4, 0.5) is 5.69 Å². The van der Waals surface area contributed by atoms with Crippen molar-refractivity contribution in [2.24, 2.45) is 11.8 Å². The standard InChI is InChI=1S/C26H28N2O5S2/c1-15(2)19-5-3-4-6-23(19)35(32,33)28-18-10-11-20-21(14-18)22(29)13-17(25(20)34)8-7-16-9-12-24(30)27-26(16)31/h3-6,10-11,14-17,28H,7-9,12-13H2,1-2H3,(H,27,30,31). The van der Waals surface area contributed by atoms with Crippen LogP contribution in [0.5, 0.6) is 0 Å². The van der Waals surface area contributed by atoms with Gasteiger partial charge in [-0.05, 0) is 54.5 Å². The molecule has 7 nitrogen and oxygen atoms in total. The predicted molar refractivity (Wildman–Crippen MR) is 137 cm³/mol. The van der Waals surface area contributed by atoms with Crippen molar-refractivity contribution in [3.8, 4) is 0 Å². The molecule has 0 radical (unpaired) electrons. The fraction of sp³-hybridized carbons (Fsp3) is 0.385. The zero-order valence-corrected chi connectivity index (χ0v) is 21.3. The third kappa shape index (κ3) is 5.36. The van der Waals surface area contributed by atoms with Gasteiger partial charge < -0.3 is 0 Å². The van der Waals surface area contributed by atoms with E-state index in [0.29, 0.717) is 52.9 Å². The molecule has 9 heteroatoms. The highest BCUT2D eigenvalue weighted by molar-refractivity contribution is 7.92. The minimum atomic E-state index is -3.84. The van der Waals surface area contributed by atoms with Crippen molar-refractivity contribution in [1.29, 1.82) is 0 Å². The first-order valence-electron chi connectivity index (χ1n) is 11.7. The molecule has 2 N–H and O–H groups in total. The fourth-order valence-corrected chi connectivity index (χ4v) is 6.56. The Morgan fingerprint density at radius 2 is 1.74 bits per heavy atom. The number of carbonyl (C=O) groups excluding carboxylic acids is 3. The van der Waals surface area contributed by atoms with Crippen LogP contribution in [0.15, 0.2) is 47.4 Å². The molecule has 2 atom stereocenters. The quantitative estimate of drug-likeness (QED) is 0.421. The van der Waals surface area contributed by atoms with Crippen molar-refractivity contribution in [2.45, 2.75) is 56.8 Å². The van der Waals surface area contributed by atoms with Gasteiger partial charge in [0.25, 0.3) is 10.0 Å². The Balaban J connectivity index is 1.50. The van der Waals surface area contributed by atoms with Crippen LogP contribution in [-0.2, 0) is 19.6 Å². The summed E-state index contributed by atoms with van der Waals surface area (Å²) in [6, 6.07) is 11.7. The Hall–Kier alpha value is -2.91. The van der Waals surface area contributed by atoms with Crippen LogP contribution in [-0.4, -0.2) is 30.9 Å². The van der Waals surface area contributed by atoms with Gasteiger partial charge in [-0.3, -0.25) is 24.4 Å². The van der Waals surface area contributed by atoms with Crippen molar-refractivity contribution in [2.75, 3.05) is 4.72 Å². The van der Waals surface area contributed by atoms with Crippen molar-refractivity contribution in [3.05, 3.63) is 59.2 Å². The number of sulfonamides is 1. The molecule has 1 fully saturated rings. The Morgan fingerprint density at radius 3 is 2.46 bits per heavy atom. The summed E-state index contributed by atoms with van der Waals surface area (Å²) in [7, 11) is -3.84. The number of benzene rings is 2. The minimum Gasteiger partial charge on any atom is -0.296 e. The van der Waals surface area contributed by atoms with Gasteiger partial charge in [0.05, 0.1) is 4.90 Å². The summed E-state index contributed by atoms with van der Waals surface area (Å²) >= 11 is 5.68. The zero-order chi connectivity index (χ0) is 25.3. The summed E-state index contributed by atoms with van der Waals surface area (Å²) in [5, 5.41) is 2.37. The number of hydrogen-bond donors (Lipinski definition) is 2. The Bertz CT molecular complexity index is 1320. The van der Waals surface area contributed by atoms with Crippen LogP contribution in [0.3, 0.4) is 0 Å². The number of fused-ring (bicyclic) bond motifs is 1. The molecule has 0 spiro atoms. The van der Waals surface area contributed by atoms with Crippen molar-refractivity contribution in [1.82, 2.24) is 5.32 Å². The molecule has 35 heavy (non-hydrogen) atoms. The molecule has 1 heterocycles. The Morgan fingerprint density at radius 1 is 1.03 bits per heavy atom. The maximum Gasteiger partial charge on any atom is 0.262 e. The van der Waals surface area contributed by atoms with Crippen LogP contribution < -0.4 is 10.0 Å². The lowest BCUT2D eigenvalue weighted by molar-refractivity contribution is -0.136. The van der Waals surface area contributed by atoms with E-state index in [2.05, 4.69) is 10.0 Å². The average Bonchev–Trinajstić information content (AvgIpc) is 2.81. The van der Waals surface area contributed by atoms with Gasteiger partial charge in [-0.25, -0.2) is 8.42 Å². The monoisotopic (exact) mass is 512 g/mol. The number of ketones is 1. The number of Topliss-reactive ketones (excluding diaryl/α,β-unsaturated/α-hetero) is 1. The summed E-state index contributed by atoms with van der Waals surface area (Å²) in [4.78, 5) is 37.2. The molecule has 0 bridgehead atoms. The van der Waals surface area contributed by atoms with Crippen molar-refractivity contribution >= 4 is 50.4 Å². The van der Waals surface area contributed by atoms with E-state index < -0.39 is 10.0 Å². The number of carbonyl (C=O) groups is 3. The number of nitrogens with one attached hydrogen (secondary N) is 2. The first kappa shape index (κ1) is 25.2. The molecule has 0 aromatic heterocycles. The van der Waals surface area contributed by atoms with E-state index in [9.17, 15) is 22.8 Å². The van der Waals surface area contributed by atoms with Gasteiger partial charge in [0.2, 0.25) is 11.8 Å². The van der Waals surface area contributed by atoms with Crippen LogP contribution >= 0.6 is 12.2 Å². The molecule has 4 rings (SSSR count). The second-order valence-corrected chi connectivity index (χ2v) is 11.6. The van der Waals surface area contributed by atoms with E-state index in [1.165, 1.54) is 0 Å². The highest BCUT2D eigenvalue weighted by atomic mass is 32.2. The maximum atomic E-state index is 13.1. The highest BCUT2D eigenvalue weighted by Crippen LogP contribution is 2.34. The third-order valence-electron chi connectivity index (χ3n) is 6.69. The van der Waals surface area contributed by atoms with E-state index in [-0.39, 0.29) is 46.7 Å². The molecule has 1 aliphatic heterocycles. The Labute approximate surface area is 210 Å². The van der Waals surface area contributed by atoms with Crippen molar-refractivity contribution in [3.63, 3.8) is 0 Å². The molecule has 2 aromatic rings. The number of rotatable bonds is 7. The van der Waals surface area contributed by atoms with Crippen LogP contribution in [0.2, 0.25) is 0 Å². The van der Waals surface area contributed by atoms with Gasteiger partial charge in [-0.2, -0.15) is 0 Å². The van der Waals surface area contributed by atoms with E-state index in [1.54, 1.807) is 36.4 Å². The number of amides is 2. The van der Waals surface area contributed by atoms with Gasteiger partial charge >= 0.3 is 0 Å². The molecule has 1 aliphatic carbocycles. The number of thiocarbonyl (C=S) groups is 1. The van der Waals surface area contributed by atoms with Crippen LogP contribution in [0, 0.1) is 11.8 Å². The normalized spacial score (nSPS) is 20.5. The van der Waals surface area contributed by atoms with E-state index in [4.69, 9.17) is 12.2 Å². The third-order valence-corrected chi connectivity index (χ3v) is 8.70. The lowest BCUT2D eigenvalue weighted by Gasteiger charge is -2.27. The van der Waals surface area contributed by atoms with Gasteiger partial charge in [-0.1, -0.05) is 50.3 Å². The largest absolute Gasteiger partial charge is 0.296 e. The van der Waals surface area contributed by atoms with Gasteiger partial charge in [0.15, 0.2) is 5.78 Å². The van der Waals surface area contributed by atoms with E-state index in [1.807, 2.05) is 19.9 Å². The summed E-state index contributed by atoms with van der Waals surface area (Å²) in [5.74, 6) is -1.01. The molecule has 2 aliphatic rings. The summed E-state index contributed by atoms with van der Waals surface area (Å²) in [5.41, 5.74) is 2.06. The molecule has 0 saturated carbocycles. The Kier molecular flexibility index (Phi) is 7.19. The minimum absolute atomic E-state index is 0.0300. The molecular formula is C26H28N2O5S2. The number of anilines is 1. The number of imide groups is 1. The smallest absolute Gasteiger partial charge is 0.262 e. The molecule has 2 unspecified atom stereocenters. The zero-order valence-electron chi connectivity index (χ0n) is 19.7. The lowest BCUT2D eigenvalue weighted by Crippen LogP contribution is -2.41. The van der Waals surface area contributed by atoms with Gasteiger partial charge in [0, 0.05) is 40.8 Å². The highest BCUT2D eigenvalue weighted by Gasteiger charge is 2.33. The van der Waals surface area contributed by atoms with Crippen LogP contribution in [0.1, 0.15) is 73.4 Å². The van der Waals surface area contributed by atoms with Gasteiger partial charge in [0.1, 0.15) is 0 Å². The second kappa shape index (κ2) is 9.99. The van der Waals surface area contributed by atoms with Crippen molar-refractivity contribution < 1.29 is 22.8 Å². The average molecular weight is 513 g/mol. The second-order valence-electron chi connectivity index (χ2n) is 9.47. The summed E-state index contributed by atoms with van der Waals surface area (Å²) in [6.45, 7) is 3.87. The topological polar surface area (TPSA) is 109 Å². The number of piperidine rings is 1. The lowest BCUT2D eigenvalue weighted by atomic mass is 9.78. The van der Waals surface area contributed by atoms with E-state index in [0.717, 1.165) is 0 Å². The molecular weight excluding hydrogens is 484 g/mol. The fourth-order valence-electron chi connectivity index (χ4n) is 4.76.